The number of carbonyl (C=O) groups excluding carboxylic acids is 3. The van der Waals surface area contributed by atoms with Crippen molar-refractivity contribution in [3.8, 4) is 0 Å². The van der Waals surface area contributed by atoms with Crippen molar-refractivity contribution >= 4 is 27.6 Å². The molecule has 1 fully saturated rings. The minimum Gasteiger partial charge on any atom is -0.543 e. The van der Waals surface area contributed by atoms with E-state index in [1.54, 1.807) is 30.3 Å². The van der Waals surface area contributed by atoms with Gasteiger partial charge in [0.2, 0.25) is 5.91 Å². The third-order valence-electron chi connectivity index (χ3n) is 4.49. The molecule has 2 aliphatic rings. The van der Waals surface area contributed by atoms with Gasteiger partial charge in [0.05, 0.1) is 24.0 Å². The van der Waals surface area contributed by atoms with Gasteiger partial charge in [-0.25, -0.2) is 8.42 Å². The summed E-state index contributed by atoms with van der Waals surface area (Å²) in [5.74, 6) is -4.24. The van der Waals surface area contributed by atoms with Crippen molar-refractivity contribution in [2.75, 3.05) is 12.4 Å². The second kappa shape index (κ2) is 8.06. The summed E-state index contributed by atoms with van der Waals surface area (Å²) in [6, 6.07) is 5.65. The van der Waals surface area contributed by atoms with Gasteiger partial charge in [0.15, 0.2) is 15.2 Å². The Hall–Kier alpha value is -2.16. The van der Waals surface area contributed by atoms with Crippen LogP contribution in [0.4, 0.5) is 0 Å². The van der Waals surface area contributed by atoms with Crippen LogP contribution in [0.1, 0.15) is 11.6 Å². The number of nitrogens with two attached hydrogens (primary N) is 1. The Morgan fingerprint density at radius 3 is 2.46 bits per heavy atom. The Labute approximate surface area is 172 Å². The average molecular weight is 401 g/mol. The normalized spacial score (nSPS) is 23.8. The van der Waals surface area contributed by atoms with Crippen LogP contribution in [-0.2, 0) is 24.2 Å². The van der Waals surface area contributed by atoms with Gasteiger partial charge in [0.25, 0.3) is 5.91 Å². The third-order valence-corrected chi connectivity index (χ3v) is 6.46. The number of benzene rings is 1. The summed E-state index contributed by atoms with van der Waals surface area (Å²) in [4.78, 5) is 36.5. The molecule has 3 atom stereocenters. The molecule has 0 aliphatic carbocycles. The smallest absolute Gasteiger partial charge is 0.543 e. The van der Waals surface area contributed by atoms with Crippen LogP contribution in [-0.4, -0.2) is 60.0 Å². The van der Waals surface area contributed by atoms with E-state index in [1.807, 2.05) is 0 Å². The number of carboxylic acids is 1. The molecule has 144 valence electrons. The van der Waals surface area contributed by atoms with Crippen molar-refractivity contribution in [2.45, 2.75) is 17.5 Å². The molecule has 3 rings (SSSR count). The van der Waals surface area contributed by atoms with Crippen LogP contribution in [0, 0.1) is 0 Å². The number of fused-ring (bicyclic) bond motifs is 1. The van der Waals surface area contributed by atoms with E-state index in [0.717, 1.165) is 0 Å². The SMILES string of the molecule is NC(C(=O)N[C@H]1C(=O)N2C(C(=O)[O-])=C(CO)CS(=O)(=O)[C@@H]12)c1ccccc1.[Li+]. The van der Waals surface area contributed by atoms with E-state index < -0.39 is 63.1 Å². The topological polar surface area (TPSA) is 170 Å². The maximum Gasteiger partial charge on any atom is 1.00 e. The zero-order valence-electron chi connectivity index (χ0n) is 14.9. The van der Waals surface area contributed by atoms with Crippen LogP contribution in [0.2, 0.25) is 0 Å². The van der Waals surface area contributed by atoms with Crippen LogP contribution in [0.5, 0.6) is 0 Å². The largest absolute Gasteiger partial charge is 1.00 e. The number of aliphatic hydroxyl groups is 1. The summed E-state index contributed by atoms with van der Waals surface area (Å²) >= 11 is 0. The van der Waals surface area contributed by atoms with E-state index in [0.29, 0.717) is 10.5 Å². The average Bonchev–Trinajstić information content (AvgIpc) is 2.64. The summed E-state index contributed by atoms with van der Waals surface area (Å²) in [7, 11) is -4.03. The molecule has 2 aliphatic heterocycles. The number of hydrogen-bond donors (Lipinski definition) is 3. The number of nitrogens with zero attached hydrogens (tertiary/aromatic N) is 1. The van der Waals surface area contributed by atoms with Gasteiger partial charge in [-0.05, 0) is 11.1 Å². The van der Waals surface area contributed by atoms with Gasteiger partial charge in [0, 0.05) is 0 Å². The third kappa shape index (κ3) is 3.59. The van der Waals surface area contributed by atoms with Gasteiger partial charge in [-0.3, -0.25) is 14.5 Å². The molecule has 1 unspecified atom stereocenters. The second-order valence-electron chi connectivity index (χ2n) is 6.18. The molecule has 1 aromatic carbocycles. The van der Waals surface area contributed by atoms with Gasteiger partial charge < -0.3 is 26.1 Å². The van der Waals surface area contributed by atoms with E-state index in [4.69, 9.17) is 5.73 Å². The quantitative estimate of drug-likeness (QED) is 0.323. The van der Waals surface area contributed by atoms with Gasteiger partial charge >= 0.3 is 18.9 Å². The Morgan fingerprint density at radius 2 is 1.93 bits per heavy atom. The first-order valence-electron chi connectivity index (χ1n) is 7.89. The van der Waals surface area contributed by atoms with Crippen LogP contribution in [0.25, 0.3) is 0 Å². The van der Waals surface area contributed by atoms with E-state index in [1.165, 1.54) is 0 Å². The Kier molecular flexibility index (Phi) is 6.37. The van der Waals surface area contributed by atoms with Crippen molar-refractivity contribution in [2.24, 2.45) is 5.73 Å². The fourth-order valence-corrected chi connectivity index (χ4v) is 5.20. The molecule has 0 aromatic heterocycles. The summed E-state index contributed by atoms with van der Waals surface area (Å²) in [5.41, 5.74) is 5.27. The molecule has 2 heterocycles. The van der Waals surface area contributed by atoms with Crippen LogP contribution in [0.3, 0.4) is 0 Å². The van der Waals surface area contributed by atoms with E-state index >= 15 is 0 Å². The Morgan fingerprint density at radius 1 is 1.32 bits per heavy atom. The molecule has 0 saturated carbocycles. The zero-order valence-corrected chi connectivity index (χ0v) is 15.7. The van der Waals surface area contributed by atoms with Gasteiger partial charge in [-0.1, -0.05) is 30.3 Å². The summed E-state index contributed by atoms with van der Waals surface area (Å²) < 4.78 is 24.8. The maximum atomic E-state index is 12.4. The van der Waals surface area contributed by atoms with E-state index in [-0.39, 0.29) is 24.4 Å². The number of carbonyl (C=O) groups is 3. The number of hydrogen-bond acceptors (Lipinski definition) is 8. The molecule has 1 saturated heterocycles. The molecule has 10 nitrogen and oxygen atoms in total. The molecule has 2 amide bonds. The molecule has 4 N–H and O–H groups in total. The van der Waals surface area contributed by atoms with Gasteiger partial charge in [0.1, 0.15) is 12.1 Å². The molecule has 0 spiro atoms. The van der Waals surface area contributed by atoms with Crippen molar-refractivity contribution in [1.82, 2.24) is 10.2 Å². The van der Waals surface area contributed by atoms with Gasteiger partial charge in [-0.2, -0.15) is 0 Å². The van der Waals surface area contributed by atoms with Crippen LogP contribution < -0.4 is 35.0 Å². The number of β-lactam (4-membered cyclic amide) rings is 1. The first-order valence-corrected chi connectivity index (χ1v) is 9.60. The molecular formula is C16H16LiN3O7S. The van der Waals surface area contributed by atoms with Crippen molar-refractivity contribution in [3.63, 3.8) is 0 Å². The summed E-state index contributed by atoms with van der Waals surface area (Å²) in [6.07, 6.45) is 0. The summed E-state index contributed by atoms with van der Waals surface area (Å²) in [5, 5.41) is 21.2. The molecule has 1 aromatic rings. The van der Waals surface area contributed by atoms with Crippen LogP contribution in [0.15, 0.2) is 41.6 Å². The predicted octanol–water partition coefficient (Wildman–Crippen LogP) is -6.23. The molecule has 12 heteroatoms. The minimum absolute atomic E-state index is 0. The molecule has 0 bridgehead atoms. The molecule has 28 heavy (non-hydrogen) atoms. The fourth-order valence-electron chi connectivity index (χ4n) is 3.19. The summed E-state index contributed by atoms with van der Waals surface area (Å²) in [6.45, 7) is -0.852. The van der Waals surface area contributed by atoms with Crippen molar-refractivity contribution < 1.29 is 51.9 Å². The van der Waals surface area contributed by atoms with Crippen LogP contribution >= 0.6 is 0 Å². The maximum absolute atomic E-state index is 12.4. The minimum atomic E-state index is -4.03. The van der Waals surface area contributed by atoms with Crippen molar-refractivity contribution in [3.05, 3.63) is 47.2 Å². The number of rotatable bonds is 5. The van der Waals surface area contributed by atoms with Gasteiger partial charge in [-0.15, -0.1) is 0 Å². The number of aliphatic carboxylic acids is 1. The monoisotopic (exact) mass is 401 g/mol. The second-order valence-corrected chi connectivity index (χ2v) is 8.28. The number of nitrogens with one attached hydrogen (secondary N) is 1. The Bertz CT molecular complexity index is 948. The number of sulfone groups is 1. The predicted molar refractivity (Wildman–Crippen MR) is 88.8 cm³/mol. The molecular weight excluding hydrogens is 385 g/mol. The van der Waals surface area contributed by atoms with E-state index in [9.17, 15) is 33.0 Å². The van der Waals surface area contributed by atoms with E-state index in [2.05, 4.69) is 5.32 Å². The zero-order chi connectivity index (χ0) is 19.9. The first-order chi connectivity index (χ1) is 12.7. The fraction of sp³-hybridized carbons (Fsp3) is 0.312. The Balaban J connectivity index is 0.00000280. The first kappa shape index (κ1) is 22.1. The number of aliphatic hydroxyl groups excluding tert-OH is 1. The number of carboxylic acid groups (broad SMARTS) is 1. The standard InChI is InChI=1S/C16H17N3O7S.Li/c17-10(8-4-2-1-3-5-8)13(21)18-11-14(22)19-12(16(23)24)9(6-20)7-27(25,26)15(11)19;/h1-5,10-11,15,20H,6-7,17H2,(H,18,21)(H,23,24);/q;+1/p-1/t10?,11-,15-;/m0./s1. The molecule has 0 radical (unpaired) electrons. The van der Waals surface area contributed by atoms with Crippen molar-refractivity contribution in [1.29, 1.82) is 0 Å². The number of amides is 2.